The molecule has 0 aromatic heterocycles. The molecule has 2 heteroatoms. The van der Waals surface area contributed by atoms with Gasteiger partial charge in [-0.15, -0.1) is 0 Å². The van der Waals surface area contributed by atoms with Crippen LogP contribution >= 0.6 is 0 Å². The predicted molar refractivity (Wildman–Crippen MR) is 314 cm³/mol. The van der Waals surface area contributed by atoms with Crippen LogP contribution in [0.25, 0.3) is 0 Å². The van der Waals surface area contributed by atoms with Gasteiger partial charge in [0.15, 0.2) is 0 Å². The summed E-state index contributed by atoms with van der Waals surface area (Å²) in [6.45, 7) is 6.95. The molecule has 0 saturated heterocycles. The molecule has 69 heavy (non-hydrogen) atoms. The molecule has 0 aliphatic carbocycles. The monoisotopic (exact) mass is 986 g/mol. The van der Waals surface area contributed by atoms with E-state index in [4.69, 9.17) is 0 Å². The third kappa shape index (κ3) is 61.7. The van der Waals surface area contributed by atoms with Gasteiger partial charge in [0.1, 0.15) is 18.6 Å². The van der Waals surface area contributed by atoms with Crippen molar-refractivity contribution in [2.24, 2.45) is 0 Å². The van der Waals surface area contributed by atoms with E-state index in [2.05, 4.69) is 64.6 Å². The number of rotatable bonds is 60. The maximum atomic E-state index is 2.49. The van der Waals surface area contributed by atoms with E-state index in [0.29, 0.717) is 0 Å². The minimum atomic E-state index is 0. The van der Waals surface area contributed by atoms with Gasteiger partial charge >= 0.3 is 0 Å². The summed E-state index contributed by atoms with van der Waals surface area (Å²) in [4.78, 5) is 0. The Labute approximate surface area is 445 Å². The molecule has 0 heterocycles. The summed E-state index contributed by atoms with van der Waals surface area (Å²) in [5.74, 6) is 0. The largest absolute Gasteiger partial charge is 1.00 e. The smallest absolute Gasteiger partial charge is 0.101 e. The van der Waals surface area contributed by atoms with E-state index >= 15 is 0 Å². The van der Waals surface area contributed by atoms with Gasteiger partial charge in [-0.05, 0) is 56.8 Å². The molecular formula is C67H132ClN. The van der Waals surface area contributed by atoms with Crippen molar-refractivity contribution in [1.82, 2.24) is 0 Å². The highest BCUT2D eigenvalue weighted by molar-refractivity contribution is 4.88. The zero-order valence-electron chi connectivity index (χ0n) is 48.6. The van der Waals surface area contributed by atoms with Crippen LogP contribution in [-0.2, 0) is 0 Å². The van der Waals surface area contributed by atoms with Gasteiger partial charge in [0, 0.05) is 0 Å². The lowest BCUT2D eigenvalue weighted by Gasteiger charge is -2.20. The van der Waals surface area contributed by atoms with Gasteiger partial charge in [0.05, 0.1) is 7.05 Å². The Kier molecular flexibility index (Phi) is 65.0. The van der Waals surface area contributed by atoms with Crippen molar-refractivity contribution < 1.29 is 16.9 Å². The third-order valence-electron chi connectivity index (χ3n) is 15.5. The summed E-state index contributed by atoms with van der Waals surface area (Å²) in [6, 6.07) is 0. The molecule has 0 aromatic carbocycles. The van der Waals surface area contributed by atoms with Crippen LogP contribution in [0.5, 0.6) is 0 Å². The lowest BCUT2D eigenvalue weighted by molar-refractivity contribution is -0.750. The summed E-state index contributed by atoms with van der Waals surface area (Å²) in [5.41, 5.74) is 0. The molecule has 412 valence electrons. The van der Waals surface area contributed by atoms with E-state index in [1.807, 2.05) is 0 Å². The van der Waals surface area contributed by atoms with Crippen molar-refractivity contribution in [3.8, 4) is 0 Å². The first kappa shape index (κ1) is 70.5. The van der Waals surface area contributed by atoms with E-state index in [1.165, 1.54) is 366 Å². The molecule has 0 saturated carbocycles. The first-order valence-electron chi connectivity index (χ1n) is 32.6. The van der Waals surface area contributed by atoms with Crippen LogP contribution < -0.4 is 12.4 Å². The molecule has 0 N–H and O–H groups in total. The second-order valence-electron chi connectivity index (χ2n) is 22.8. The molecule has 0 rings (SSSR count). The maximum Gasteiger partial charge on any atom is 0.101 e. The highest BCUT2D eigenvalue weighted by Gasteiger charge is 2.10. The Morgan fingerprint density at radius 1 is 0.188 bits per heavy atom. The Balaban J connectivity index is 0. The zero-order valence-corrected chi connectivity index (χ0v) is 49.4. The maximum absolute atomic E-state index is 2.49. The van der Waals surface area contributed by atoms with Crippen LogP contribution in [0, 0.1) is 0 Å². The van der Waals surface area contributed by atoms with Crippen molar-refractivity contribution in [3.63, 3.8) is 0 Å². The van der Waals surface area contributed by atoms with Crippen molar-refractivity contribution in [2.75, 3.05) is 7.05 Å². The predicted octanol–water partition coefficient (Wildman–Crippen LogP) is 22.3. The van der Waals surface area contributed by atoms with Crippen molar-refractivity contribution in [1.29, 1.82) is 0 Å². The molecule has 0 atom stereocenters. The van der Waals surface area contributed by atoms with Gasteiger partial charge in [0.2, 0.25) is 0 Å². The van der Waals surface area contributed by atoms with Gasteiger partial charge in [-0.1, -0.05) is 348 Å². The molecule has 0 amide bonds. The molecule has 0 aromatic rings. The van der Waals surface area contributed by atoms with Gasteiger partial charge in [-0.3, -0.25) is 0 Å². The van der Waals surface area contributed by atoms with Crippen molar-refractivity contribution in [3.05, 3.63) is 36.8 Å². The Morgan fingerprint density at radius 3 is 0.435 bits per heavy atom. The van der Waals surface area contributed by atoms with E-state index < -0.39 is 0 Å². The number of nitrogens with zero attached hydrogens (tertiary/aromatic N) is 1. The highest BCUT2D eigenvalue weighted by atomic mass is 35.5. The second kappa shape index (κ2) is 63.6. The first-order valence-corrected chi connectivity index (χ1v) is 32.6. The lowest BCUT2D eigenvalue weighted by Crippen LogP contribution is -3.00. The van der Waals surface area contributed by atoms with Gasteiger partial charge < -0.3 is 12.4 Å². The van der Waals surface area contributed by atoms with Crippen molar-refractivity contribution in [2.45, 2.75) is 387 Å². The minimum absolute atomic E-state index is 0. The van der Waals surface area contributed by atoms with Crippen LogP contribution in [0.4, 0.5) is 0 Å². The number of unbranched alkanes of at least 4 members (excludes halogenated alkanes) is 54. The number of hydrogen-bond donors (Lipinski definition) is 0. The summed E-state index contributed by atoms with van der Waals surface area (Å²) >= 11 is 0. The fourth-order valence-electron chi connectivity index (χ4n) is 10.5. The highest BCUT2D eigenvalue weighted by Crippen LogP contribution is 2.19. The van der Waals surface area contributed by atoms with Crippen LogP contribution in [0.1, 0.15) is 387 Å². The van der Waals surface area contributed by atoms with E-state index in [9.17, 15) is 0 Å². The zero-order chi connectivity index (χ0) is 49.0. The summed E-state index contributed by atoms with van der Waals surface area (Å²) in [5, 5.41) is 0. The average molecular weight is 987 g/mol. The van der Waals surface area contributed by atoms with E-state index in [0.717, 1.165) is 4.48 Å². The molecule has 0 radical (unpaired) electrons. The van der Waals surface area contributed by atoms with Gasteiger partial charge in [0.25, 0.3) is 0 Å². The van der Waals surface area contributed by atoms with Crippen molar-refractivity contribution >= 4 is 0 Å². The molecule has 0 fully saturated rings. The topological polar surface area (TPSA) is 0 Å². The number of quaternary nitrogens is 1. The summed E-state index contributed by atoms with van der Waals surface area (Å²) in [7, 11) is 2.39. The molecule has 0 bridgehead atoms. The molecule has 0 aliphatic heterocycles. The van der Waals surface area contributed by atoms with Crippen LogP contribution in [0.15, 0.2) is 36.8 Å². The number of halogens is 1. The second-order valence-corrected chi connectivity index (χ2v) is 22.8. The Hall–Kier alpha value is -0.530. The molecule has 0 spiro atoms. The molecular weight excluding hydrogens is 854 g/mol. The van der Waals surface area contributed by atoms with Crippen LogP contribution in [0.3, 0.4) is 0 Å². The quantitative estimate of drug-likeness (QED) is 0.0421. The third-order valence-corrected chi connectivity index (χ3v) is 15.5. The minimum Gasteiger partial charge on any atom is -1.00 e. The van der Waals surface area contributed by atoms with E-state index in [-0.39, 0.29) is 12.4 Å². The lowest BCUT2D eigenvalue weighted by atomic mass is 10.0. The Morgan fingerprint density at radius 2 is 0.304 bits per heavy atom. The standard InChI is InChI=1S/C67H132N.ClH/c1-5-8-11-14-17-20-23-26-29-32-35-38-41-44-47-50-53-56-59-62-65-68(4,66-63-60-57-54-51-48-45-42-39-36-33-30-27-24-21-18-15-12-9-6-2)67-64-61-58-55-52-49-46-43-40-37-34-31-28-25-22-19-16-13-10-7-3;/h62-67H,5-61H2,1-4H3;1H/q+1;/p-1. The molecule has 1 nitrogen and oxygen atoms in total. The normalized spacial score (nSPS) is 12.9. The summed E-state index contributed by atoms with van der Waals surface area (Å²) in [6.07, 6.45) is 96.8. The average Bonchev–Trinajstić information content (AvgIpc) is 3.34. The van der Waals surface area contributed by atoms with Gasteiger partial charge in [-0.2, -0.15) is 0 Å². The Bertz CT molecular complexity index is 860. The fourth-order valence-corrected chi connectivity index (χ4v) is 10.5. The van der Waals surface area contributed by atoms with E-state index in [1.54, 1.807) is 0 Å². The number of hydrogen-bond acceptors (Lipinski definition) is 0. The first-order chi connectivity index (χ1) is 33.7. The van der Waals surface area contributed by atoms with Gasteiger partial charge in [-0.25, -0.2) is 4.48 Å². The molecule has 0 aliphatic rings. The van der Waals surface area contributed by atoms with Crippen LogP contribution in [0.2, 0.25) is 0 Å². The van der Waals surface area contributed by atoms with Crippen LogP contribution in [-0.4, -0.2) is 11.5 Å². The SMILES string of the molecule is CCCCCCCCCCCCCCCCCCCCC=C[N+](C)(C=CCCCCCCCCCCCCCCCCCCCC)C=CCCCCCCCCCCCCCCCCCCCC.[Cl-]. The fraction of sp³-hybridized carbons (Fsp3) is 0.910. The molecule has 0 unspecified atom stereocenters. The number of allylic oxidation sites excluding steroid dienone is 3. The summed E-state index contributed by atoms with van der Waals surface area (Å²) < 4.78 is 0.830.